The summed E-state index contributed by atoms with van der Waals surface area (Å²) >= 11 is 0. The highest BCUT2D eigenvalue weighted by atomic mass is 16.5. The van der Waals surface area contributed by atoms with Crippen LogP contribution in [0.15, 0.2) is 40.9 Å². The number of hydrogen-bond donors (Lipinski definition) is 0. The zero-order valence-electron chi connectivity index (χ0n) is 11.7. The van der Waals surface area contributed by atoms with E-state index in [4.69, 9.17) is 4.52 Å². The molecule has 0 spiro atoms. The van der Waals surface area contributed by atoms with Gasteiger partial charge in [0.1, 0.15) is 0 Å². The minimum absolute atomic E-state index is 0.0339. The fourth-order valence-corrected chi connectivity index (χ4v) is 2.42. The molecule has 1 aromatic heterocycles. The van der Waals surface area contributed by atoms with E-state index in [0.29, 0.717) is 17.5 Å². The third kappa shape index (κ3) is 2.46. The van der Waals surface area contributed by atoms with E-state index in [9.17, 15) is 4.79 Å². The molecule has 0 N–H and O–H groups in total. The maximum absolute atomic E-state index is 12.5. The summed E-state index contributed by atoms with van der Waals surface area (Å²) in [5.74, 6) is 0.599. The van der Waals surface area contributed by atoms with Gasteiger partial charge in [-0.25, -0.2) is 0 Å². The molecule has 20 heavy (non-hydrogen) atoms. The molecule has 2 aromatic rings. The van der Waals surface area contributed by atoms with E-state index in [1.165, 1.54) is 0 Å². The molecule has 1 amide bonds. The standard InChI is InChI=1S/C16H18N2O2/c1-11(2)18(13-8-9-13)16(19)14-10-15(20-17-14)12-6-4-3-5-7-12/h3-7,10-11,13H,8-9H2,1-2H3. The number of carbonyl (C=O) groups is 1. The maximum atomic E-state index is 12.5. The summed E-state index contributed by atoms with van der Waals surface area (Å²) in [5, 5.41) is 3.94. The third-order valence-corrected chi connectivity index (χ3v) is 3.52. The largest absolute Gasteiger partial charge is 0.355 e. The van der Waals surface area contributed by atoms with Crippen LogP contribution in [0.25, 0.3) is 11.3 Å². The lowest BCUT2D eigenvalue weighted by Crippen LogP contribution is -2.38. The van der Waals surface area contributed by atoms with Gasteiger partial charge >= 0.3 is 0 Å². The molecule has 1 heterocycles. The SMILES string of the molecule is CC(C)N(C(=O)c1cc(-c2ccccc2)on1)C1CC1. The average molecular weight is 270 g/mol. The molecule has 104 valence electrons. The van der Waals surface area contributed by atoms with E-state index in [1.54, 1.807) is 6.07 Å². The molecule has 1 aliphatic rings. The van der Waals surface area contributed by atoms with Crippen LogP contribution in [0.3, 0.4) is 0 Å². The molecular weight excluding hydrogens is 252 g/mol. The summed E-state index contributed by atoms with van der Waals surface area (Å²) in [6.07, 6.45) is 2.18. The van der Waals surface area contributed by atoms with Crippen molar-refractivity contribution in [3.05, 3.63) is 42.1 Å². The minimum Gasteiger partial charge on any atom is -0.355 e. The van der Waals surface area contributed by atoms with Crippen molar-refractivity contribution in [3.8, 4) is 11.3 Å². The van der Waals surface area contributed by atoms with E-state index in [-0.39, 0.29) is 11.9 Å². The van der Waals surface area contributed by atoms with E-state index >= 15 is 0 Å². The molecule has 0 radical (unpaired) electrons. The Balaban J connectivity index is 1.84. The molecule has 4 nitrogen and oxygen atoms in total. The first-order valence-electron chi connectivity index (χ1n) is 7.01. The molecule has 4 heteroatoms. The Morgan fingerprint density at radius 3 is 2.60 bits per heavy atom. The van der Waals surface area contributed by atoms with Crippen LogP contribution in [0.4, 0.5) is 0 Å². The summed E-state index contributed by atoms with van der Waals surface area (Å²) in [6.45, 7) is 4.07. The molecule has 0 saturated heterocycles. The first-order valence-corrected chi connectivity index (χ1v) is 7.01. The van der Waals surface area contributed by atoms with Crippen LogP contribution in [-0.4, -0.2) is 28.0 Å². The van der Waals surface area contributed by atoms with Gasteiger partial charge in [0.15, 0.2) is 11.5 Å². The van der Waals surface area contributed by atoms with Crippen molar-refractivity contribution in [3.63, 3.8) is 0 Å². The Morgan fingerprint density at radius 1 is 1.30 bits per heavy atom. The summed E-state index contributed by atoms with van der Waals surface area (Å²) < 4.78 is 5.30. The number of carbonyl (C=O) groups excluding carboxylic acids is 1. The molecule has 0 bridgehead atoms. The van der Waals surface area contributed by atoms with Gasteiger partial charge in [-0.1, -0.05) is 35.5 Å². The first-order chi connectivity index (χ1) is 9.66. The Hall–Kier alpha value is -2.10. The summed E-state index contributed by atoms with van der Waals surface area (Å²) in [6, 6.07) is 12.0. The molecule has 0 aliphatic heterocycles. The van der Waals surface area contributed by atoms with Gasteiger partial charge in [-0.15, -0.1) is 0 Å². The summed E-state index contributed by atoms with van der Waals surface area (Å²) in [4.78, 5) is 14.4. The second kappa shape index (κ2) is 5.12. The van der Waals surface area contributed by atoms with Crippen LogP contribution >= 0.6 is 0 Å². The van der Waals surface area contributed by atoms with Crippen molar-refractivity contribution in [2.24, 2.45) is 0 Å². The Labute approximate surface area is 118 Å². The minimum atomic E-state index is -0.0339. The highest BCUT2D eigenvalue weighted by Gasteiger charge is 2.35. The number of nitrogens with zero attached hydrogens (tertiary/aromatic N) is 2. The fraction of sp³-hybridized carbons (Fsp3) is 0.375. The predicted octanol–water partition coefficient (Wildman–Crippen LogP) is 3.35. The topological polar surface area (TPSA) is 46.3 Å². The van der Waals surface area contributed by atoms with E-state index < -0.39 is 0 Å². The molecule has 1 aromatic carbocycles. The Bertz CT molecular complexity index is 598. The van der Waals surface area contributed by atoms with Crippen molar-refractivity contribution in [2.45, 2.75) is 38.8 Å². The molecule has 1 fully saturated rings. The summed E-state index contributed by atoms with van der Waals surface area (Å²) in [7, 11) is 0. The monoisotopic (exact) mass is 270 g/mol. The number of amides is 1. The average Bonchev–Trinajstić information content (AvgIpc) is 3.14. The van der Waals surface area contributed by atoms with Gasteiger partial charge in [0.25, 0.3) is 5.91 Å². The molecule has 1 aliphatic carbocycles. The lowest BCUT2D eigenvalue weighted by Gasteiger charge is -2.25. The van der Waals surface area contributed by atoms with Crippen LogP contribution in [0.1, 0.15) is 37.2 Å². The molecule has 3 rings (SSSR count). The number of aromatic nitrogens is 1. The van der Waals surface area contributed by atoms with Crippen molar-refractivity contribution in [1.29, 1.82) is 0 Å². The van der Waals surface area contributed by atoms with Crippen molar-refractivity contribution in [2.75, 3.05) is 0 Å². The highest BCUT2D eigenvalue weighted by molar-refractivity contribution is 5.93. The number of hydrogen-bond acceptors (Lipinski definition) is 3. The van der Waals surface area contributed by atoms with Crippen LogP contribution in [0.2, 0.25) is 0 Å². The second-order valence-corrected chi connectivity index (χ2v) is 5.48. The van der Waals surface area contributed by atoms with Crippen LogP contribution in [-0.2, 0) is 0 Å². The van der Waals surface area contributed by atoms with Gasteiger partial charge in [0.2, 0.25) is 0 Å². The molecule has 0 atom stereocenters. The van der Waals surface area contributed by atoms with E-state index in [1.807, 2.05) is 49.1 Å². The van der Waals surface area contributed by atoms with Gasteiger partial charge in [0.05, 0.1) is 0 Å². The van der Waals surface area contributed by atoms with Crippen molar-refractivity contribution in [1.82, 2.24) is 10.1 Å². The van der Waals surface area contributed by atoms with Crippen LogP contribution in [0, 0.1) is 0 Å². The van der Waals surface area contributed by atoms with Gasteiger partial charge in [-0.05, 0) is 26.7 Å². The zero-order valence-corrected chi connectivity index (χ0v) is 11.7. The van der Waals surface area contributed by atoms with Crippen molar-refractivity contribution < 1.29 is 9.32 Å². The number of rotatable bonds is 4. The Morgan fingerprint density at radius 2 is 2.00 bits per heavy atom. The number of benzene rings is 1. The maximum Gasteiger partial charge on any atom is 0.276 e. The second-order valence-electron chi connectivity index (χ2n) is 5.48. The van der Waals surface area contributed by atoms with Gasteiger partial charge in [-0.2, -0.15) is 0 Å². The first kappa shape index (κ1) is 12.9. The molecule has 1 saturated carbocycles. The lowest BCUT2D eigenvalue weighted by molar-refractivity contribution is 0.0679. The zero-order chi connectivity index (χ0) is 14.1. The van der Waals surface area contributed by atoms with Gasteiger partial charge in [-0.3, -0.25) is 4.79 Å². The van der Waals surface area contributed by atoms with Gasteiger partial charge in [0, 0.05) is 23.7 Å². The van der Waals surface area contributed by atoms with Gasteiger partial charge < -0.3 is 9.42 Å². The molecule has 0 unspecified atom stereocenters. The fourth-order valence-electron chi connectivity index (χ4n) is 2.42. The predicted molar refractivity (Wildman–Crippen MR) is 76.3 cm³/mol. The van der Waals surface area contributed by atoms with Crippen molar-refractivity contribution >= 4 is 5.91 Å². The van der Waals surface area contributed by atoms with Crippen LogP contribution in [0.5, 0.6) is 0 Å². The summed E-state index contributed by atoms with van der Waals surface area (Å²) in [5.41, 5.74) is 1.33. The normalized spacial score (nSPS) is 14.6. The lowest BCUT2D eigenvalue weighted by atomic mass is 10.1. The quantitative estimate of drug-likeness (QED) is 0.855. The third-order valence-electron chi connectivity index (χ3n) is 3.52. The van der Waals surface area contributed by atoms with E-state index in [2.05, 4.69) is 5.16 Å². The molecular formula is C16H18N2O2. The highest BCUT2D eigenvalue weighted by Crippen LogP contribution is 2.30. The van der Waals surface area contributed by atoms with Crippen LogP contribution < -0.4 is 0 Å². The Kier molecular flexibility index (Phi) is 3.30. The van der Waals surface area contributed by atoms with E-state index in [0.717, 1.165) is 18.4 Å². The smallest absolute Gasteiger partial charge is 0.276 e.